The zero-order valence-electron chi connectivity index (χ0n) is 30.2. The molecule has 8 rings (SSSR count). The van der Waals surface area contributed by atoms with Crippen LogP contribution in [0, 0.1) is 36.5 Å². The second kappa shape index (κ2) is 19.6. The standard InChI is InChI=1S/2C22H23.C2H6Si.2ClH.Hf/c2*1-2-16-14-18-9-4-6-12-21(22(18)15-16)20-13-7-10-17-8-3-5-11-19(17)20;1-3-2;;;/h2*3-11,13-14,16,21-22H,2,12,15H2,1H3;1-2H3;2*1H;/q2*-1;;;;+2/p-2. The van der Waals surface area contributed by atoms with E-state index in [1.807, 2.05) is 0 Å². The van der Waals surface area contributed by atoms with Crippen LogP contribution in [0.3, 0.4) is 0 Å². The Balaban J connectivity index is 0.000000196. The van der Waals surface area contributed by atoms with E-state index in [1.165, 1.54) is 81.4 Å². The number of halogens is 2. The Kier molecular flexibility index (Phi) is 15.9. The van der Waals surface area contributed by atoms with E-state index in [0.717, 1.165) is 24.7 Å². The van der Waals surface area contributed by atoms with Gasteiger partial charge in [-0.3, -0.25) is 0 Å². The van der Waals surface area contributed by atoms with Crippen LogP contribution < -0.4 is 24.8 Å². The van der Waals surface area contributed by atoms with Gasteiger partial charge in [0.2, 0.25) is 0 Å². The normalized spacial score (nSPS) is 24.4. The topological polar surface area (TPSA) is 0 Å². The van der Waals surface area contributed by atoms with Crippen LogP contribution in [0.4, 0.5) is 0 Å². The van der Waals surface area contributed by atoms with Crippen LogP contribution in [0.25, 0.3) is 21.5 Å². The second-order valence-corrected chi connectivity index (χ2v) is 27.1. The maximum Gasteiger partial charge on any atom is -1.00 e. The van der Waals surface area contributed by atoms with Gasteiger partial charge in [0.25, 0.3) is 0 Å². The molecule has 0 aromatic heterocycles. The minimum absolute atomic E-state index is 0. The number of hydrogen-bond acceptors (Lipinski definition) is 0. The van der Waals surface area contributed by atoms with E-state index in [2.05, 4.69) is 161 Å². The minimum atomic E-state index is 0. The van der Waals surface area contributed by atoms with E-state index in [4.69, 9.17) is 0 Å². The molecular formula is C46H52Cl2HfSi-2. The van der Waals surface area contributed by atoms with Gasteiger partial charge in [-0.25, -0.2) is 36.1 Å². The molecule has 0 N–H and O–H groups in total. The third kappa shape index (κ3) is 9.60. The first-order valence-electron chi connectivity index (χ1n) is 18.4. The van der Waals surface area contributed by atoms with E-state index in [9.17, 15) is 0 Å². The van der Waals surface area contributed by atoms with Crippen molar-refractivity contribution >= 4 is 27.0 Å². The maximum absolute atomic E-state index is 2.53. The summed E-state index contributed by atoms with van der Waals surface area (Å²) in [6.45, 7) is 9.29. The van der Waals surface area contributed by atoms with E-state index in [1.54, 1.807) is 11.1 Å². The molecule has 6 atom stereocenters. The number of benzene rings is 4. The van der Waals surface area contributed by atoms with Crippen molar-refractivity contribution in [3.05, 3.63) is 157 Å². The summed E-state index contributed by atoms with van der Waals surface area (Å²) in [6, 6.07) is 31.3. The van der Waals surface area contributed by atoms with E-state index in [-0.39, 0.29) is 30.3 Å². The molecule has 0 heterocycles. The Morgan fingerprint density at radius 3 is 1.36 bits per heavy atom. The minimum Gasteiger partial charge on any atom is -1.00 e. The average molecular weight is 882 g/mol. The van der Waals surface area contributed by atoms with Crippen LogP contribution in [0.1, 0.15) is 75.3 Å². The molecular weight excluding hydrogens is 830 g/mol. The van der Waals surface area contributed by atoms with Crippen molar-refractivity contribution in [1.29, 1.82) is 0 Å². The second-order valence-electron chi connectivity index (χ2n) is 14.4. The summed E-state index contributed by atoms with van der Waals surface area (Å²) in [5, 5.41) is 5.61. The third-order valence-electron chi connectivity index (χ3n) is 10.9. The smallest absolute Gasteiger partial charge is 1.00 e. The quantitative estimate of drug-likeness (QED) is 0.155. The van der Waals surface area contributed by atoms with Crippen molar-refractivity contribution in [2.24, 2.45) is 23.7 Å². The molecule has 2 fully saturated rings. The third-order valence-corrected chi connectivity index (χ3v) is 10.9. The summed E-state index contributed by atoms with van der Waals surface area (Å²) in [7, 11) is 0. The molecule has 0 aliphatic heterocycles. The van der Waals surface area contributed by atoms with Crippen LogP contribution >= 0.6 is 0 Å². The zero-order valence-corrected chi connectivity index (χ0v) is 36.3. The van der Waals surface area contributed by atoms with Crippen molar-refractivity contribution in [2.45, 2.75) is 77.3 Å². The summed E-state index contributed by atoms with van der Waals surface area (Å²) < 4.78 is 0. The maximum atomic E-state index is 2.53. The molecule has 4 aromatic carbocycles. The summed E-state index contributed by atoms with van der Waals surface area (Å²) in [5.74, 6) is 4.13. The fourth-order valence-electron chi connectivity index (χ4n) is 8.54. The number of rotatable bonds is 4. The average Bonchev–Trinajstić information content (AvgIpc) is 3.59. The van der Waals surface area contributed by atoms with Crippen molar-refractivity contribution in [2.75, 3.05) is 0 Å². The molecule has 0 spiro atoms. The first-order chi connectivity index (χ1) is 23.5. The van der Waals surface area contributed by atoms with Gasteiger partial charge in [-0.1, -0.05) is 136 Å². The molecule has 0 nitrogen and oxygen atoms in total. The molecule has 2 saturated carbocycles. The van der Waals surface area contributed by atoms with Gasteiger partial charge in [-0.05, 0) is 69.2 Å². The van der Waals surface area contributed by atoms with Gasteiger partial charge in [0.1, 0.15) is 0 Å². The molecule has 0 saturated heterocycles. The van der Waals surface area contributed by atoms with Gasteiger partial charge in [0, 0.05) is 0 Å². The molecule has 4 aliphatic carbocycles. The Morgan fingerprint density at radius 1 is 0.580 bits per heavy atom. The van der Waals surface area contributed by atoms with Crippen LogP contribution in [0.5, 0.6) is 0 Å². The Morgan fingerprint density at radius 2 is 0.960 bits per heavy atom. The fraction of sp³-hybridized carbons (Fsp3) is 0.348. The summed E-state index contributed by atoms with van der Waals surface area (Å²) in [6.07, 6.45) is 26.5. The van der Waals surface area contributed by atoms with Gasteiger partial charge in [-0.15, -0.1) is 24.3 Å². The summed E-state index contributed by atoms with van der Waals surface area (Å²) in [4.78, 5) is 0. The van der Waals surface area contributed by atoms with Crippen LogP contribution in [0.2, 0.25) is 13.1 Å². The molecule has 0 radical (unpaired) electrons. The SMILES string of the molecule is CCC1[CH-]C2=CC=CCC(c3cccc4ccccc34)C2C1.CCC1[CH-]C2=CC=CCC(c3cccc4ccccc34)C2C1.C[Si](C)=[Hf+2].[Cl-].[Cl-]. The monoisotopic (exact) mass is 882 g/mol. The van der Waals surface area contributed by atoms with Gasteiger partial charge in [0.15, 0.2) is 0 Å². The summed E-state index contributed by atoms with van der Waals surface area (Å²) in [5.41, 5.74) is 6.46. The van der Waals surface area contributed by atoms with Crippen molar-refractivity contribution in [1.82, 2.24) is 0 Å². The van der Waals surface area contributed by atoms with E-state index in [0.29, 0.717) is 23.7 Å². The molecule has 0 bridgehead atoms. The van der Waals surface area contributed by atoms with Crippen LogP contribution in [0.15, 0.2) is 133 Å². The van der Waals surface area contributed by atoms with Crippen molar-refractivity contribution < 1.29 is 47.8 Å². The molecule has 260 valence electrons. The predicted octanol–water partition coefficient (Wildman–Crippen LogP) is 6.91. The molecule has 0 amide bonds. The van der Waals surface area contributed by atoms with E-state index >= 15 is 0 Å². The van der Waals surface area contributed by atoms with Crippen LogP contribution in [-0.2, 0) is 23.0 Å². The predicted molar refractivity (Wildman–Crippen MR) is 207 cm³/mol. The Bertz CT molecular complexity index is 1710. The number of fused-ring (bicyclic) bond motifs is 4. The molecule has 50 heavy (non-hydrogen) atoms. The zero-order chi connectivity index (χ0) is 33.5. The van der Waals surface area contributed by atoms with Gasteiger partial charge < -0.3 is 24.8 Å². The number of allylic oxidation sites excluding steroid dienone is 8. The van der Waals surface area contributed by atoms with Gasteiger partial charge in [-0.2, -0.15) is 0 Å². The Labute approximate surface area is 329 Å². The Hall–Kier alpha value is -2.23. The van der Waals surface area contributed by atoms with Crippen LogP contribution in [-0.4, -0.2) is 5.49 Å². The molecule has 4 aliphatic rings. The van der Waals surface area contributed by atoms with Crippen molar-refractivity contribution in [3.8, 4) is 0 Å². The summed E-state index contributed by atoms with van der Waals surface area (Å²) >= 11 is 1.45. The largest absolute Gasteiger partial charge is 1.00 e. The molecule has 6 unspecified atom stereocenters. The van der Waals surface area contributed by atoms with Gasteiger partial charge >= 0.3 is 41.6 Å². The van der Waals surface area contributed by atoms with Crippen molar-refractivity contribution in [3.63, 3.8) is 0 Å². The fourth-order valence-corrected chi connectivity index (χ4v) is 8.54. The molecule has 4 aromatic rings. The van der Waals surface area contributed by atoms with Gasteiger partial charge in [0.05, 0.1) is 0 Å². The molecule has 4 heteroatoms. The first-order valence-corrected chi connectivity index (χ1v) is 26.3. The van der Waals surface area contributed by atoms with E-state index < -0.39 is 0 Å². The number of hydrogen-bond donors (Lipinski definition) is 0. The first kappa shape index (κ1) is 40.5.